The number of carbonyl (C=O) groups is 2. The lowest BCUT2D eigenvalue weighted by Crippen LogP contribution is -2.42. The van der Waals surface area contributed by atoms with Crippen LogP contribution in [0.5, 0.6) is 0 Å². The highest BCUT2D eigenvalue weighted by Gasteiger charge is 2.24. The highest BCUT2D eigenvalue weighted by atomic mass is 16.4. The molecule has 0 aliphatic heterocycles. The van der Waals surface area contributed by atoms with Gasteiger partial charge < -0.3 is 10.2 Å². The fourth-order valence-electron chi connectivity index (χ4n) is 1.81. The van der Waals surface area contributed by atoms with E-state index in [4.69, 9.17) is 5.11 Å². The minimum Gasteiger partial charge on any atom is -0.481 e. The van der Waals surface area contributed by atoms with Crippen LogP contribution in [0.15, 0.2) is 0 Å². The molecule has 0 fully saturated rings. The second kappa shape index (κ2) is 8.98. The molecule has 2 N–H and O–H groups in total. The third-order valence-electron chi connectivity index (χ3n) is 2.68. The monoisotopic (exact) mass is 245 g/mol. The topological polar surface area (TPSA) is 77.8 Å². The van der Waals surface area contributed by atoms with E-state index < -0.39 is 18.0 Å². The Morgan fingerprint density at radius 2 is 1.76 bits per heavy atom. The number of hydrogen-bond donors (Lipinski definition) is 2. The minimum atomic E-state index is -0.884. The molecule has 0 saturated heterocycles. The Hall–Kier alpha value is -1.10. The molecule has 0 aliphatic rings. The van der Waals surface area contributed by atoms with Gasteiger partial charge in [-0.1, -0.05) is 26.7 Å². The molecule has 5 nitrogen and oxygen atoms in total. The first kappa shape index (κ1) is 15.9. The molecule has 0 bridgehead atoms. The Bertz CT molecular complexity index is 243. The minimum absolute atomic E-state index is 0.00406. The summed E-state index contributed by atoms with van der Waals surface area (Å²) in [6, 6.07) is -0.547. The Labute approximate surface area is 102 Å². The van der Waals surface area contributed by atoms with Gasteiger partial charge in [-0.3, -0.25) is 14.5 Å². The van der Waals surface area contributed by atoms with Crippen LogP contribution >= 0.6 is 0 Å². The zero-order valence-electron chi connectivity index (χ0n) is 10.7. The lowest BCUT2D eigenvalue weighted by Gasteiger charge is -2.27. The molecule has 0 amide bonds. The van der Waals surface area contributed by atoms with Crippen LogP contribution in [0.4, 0.5) is 0 Å². The summed E-state index contributed by atoms with van der Waals surface area (Å²) in [6.45, 7) is 4.92. The fourth-order valence-corrected chi connectivity index (χ4v) is 1.81. The molecule has 0 saturated carbocycles. The quantitative estimate of drug-likeness (QED) is 0.614. The number of carboxylic acid groups (broad SMARTS) is 2. The molecule has 1 atom stereocenters. The van der Waals surface area contributed by atoms with Crippen LogP contribution in [0.1, 0.15) is 46.0 Å². The summed E-state index contributed by atoms with van der Waals surface area (Å²) in [6.07, 6.45) is 3.21. The summed E-state index contributed by atoms with van der Waals surface area (Å²) < 4.78 is 0. The molecule has 0 aromatic heterocycles. The molecule has 5 heteroatoms. The van der Waals surface area contributed by atoms with E-state index in [0.717, 1.165) is 19.3 Å². The summed E-state index contributed by atoms with van der Waals surface area (Å²) >= 11 is 0. The number of hydrogen-bond acceptors (Lipinski definition) is 3. The van der Waals surface area contributed by atoms with Crippen molar-refractivity contribution in [1.29, 1.82) is 0 Å². The van der Waals surface area contributed by atoms with Crippen molar-refractivity contribution in [2.75, 3.05) is 13.1 Å². The summed E-state index contributed by atoms with van der Waals surface area (Å²) in [4.78, 5) is 23.5. The SMILES string of the molecule is CCCCC(C(=O)O)N(CCC)CCC(=O)O. The largest absolute Gasteiger partial charge is 0.481 e. The van der Waals surface area contributed by atoms with Gasteiger partial charge in [-0.05, 0) is 19.4 Å². The van der Waals surface area contributed by atoms with Gasteiger partial charge in [0.15, 0.2) is 0 Å². The van der Waals surface area contributed by atoms with Crippen LogP contribution in [-0.4, -0.2) is 46.2 Å². The molecule has 0 heterocycles. The molecular formula is C12H23NO4. The number of nitrogens with zero attached hydrogens (tertiary/aromatic N) is 1. The van der Waals surface area contributed by atoms with Gasteiger partial charge in [0.25, 0.3) is 0 Å². The second-order valence-corrected chi connectivity index (χ2v) is 4.18. The van der Waals surface area contributed by atoms with E-state index >= 15 is 0 Å². The zero-order valence-corrected chi connectivity index (χ0v) is 10.7. The van der Waals surface area contributed by atoms with Gasteiger partial charge in [-0.25, -0.2) is 0 Å². The van der Waals surface area contributed by atoms with E-state index in [1.807, 2.05) is 13.8 Å². The molecule has 17 heavy (non-hydrogen) atoms. The molecule has 0 aliphatic carbocycles. The van der Waals surface area contributed by atoms with Crippen LogP contribution in [0.25, 0.3) is 0 Å². The van der Waals surface area contributed by atoms with Crippen molar-refractivity contribution in [3.8, 4) is 0 Å². The lowest BCUT2D eigenvalue weighted by atomic mass is 10.1. The van der Waals surface area contributed by atoms with Crippen molar-refractivity contribution in [2.24, 2.45) is 0 Å². The summed E-state index contributed by atoms with van der Waals surface area (Å²) in [5.74, 6) is -1.73. The molecule has 100 valence electrons. The van der Waals surface area contributed by atoms with Gasteiger partial charge in [0.2, 0.25) is 0 Å². The number of aliphatic carboxylic acids is 2. The van der Waals surface area contributed by atoms with Crippen molar-refractivity contribution in [3.05, 3.63) is 0 Å². The molecule has 0 rings (SSSR count). The van der Waals surface area contributed by atoms with E-state index in [1.54, 1.807) is 4.90 Å². The highest BCUT2D eigenvalue weighted by molar-refractivity contribution is 5.73. The Balaban J connectivity index is 4.45. The second-order valence-electron chi connectivity index (χ2n) is 4.18. The number of rotatable bonds is 10. The van der Waals surface area contributed by atoms with Crippen molar-refractivity contribution in [1.82, 2.24) is 4.90 Å². The van der Waals surface area contributed by atoms with Gasteiger partial charge in [-0.2, -0.15) is 0 Å². The Kier molecular flexibility index (Phi) is 8.40. The van der Waals surface area contributed by atoms with Gasteiger partial charge in [-0.15, -0.1) is 0 Å². The normalized spacial score (nSPS) is 12.6. The Morgan fingerprint density at radius 1 is 1.12 bits per heavy atom. The molecule has 0 aromatic carbocycles. The van der Waals surface area contributed by atoms with Crippen LogP contribution in [0.3, 0.4) is 0 Å². The van der Waals surface area contributed by atoms with Crippen molar-refractivity contribution >= 4 is 11.9 Å². The van der Waals surface area contributed by atoms with Crippen LogP contribution < -0.4 is 0 Å². The van der Waals surface area contributed by atoms with Crippen molar-refractivity contribution < 1.29 is 19.8 Å². The van der Waals surface area contributed by atoms with E-state index in [9.17, 15) is 14.7 Å². The lowest BCUT2D eigenvalue weighted by molar-refractivity contribution is -0.145. The van der Waals surface area contributed by atoms with Crippen LogP contribution in [-0.2, 0) is 9.59 Å². The van der Waals surface area contributed by atoms with Crippen LogP contribution in [0.2, 0.25) is 0 Å². The maximum atomic E-state index is 11.2. The number of unbranched alkanes of at least 4 members (excludes halogenated alkanes) is 1. The predicted octanol–water partition coefficient (Wildman–Crippen LogP) is 1.82. The molecule has 0 radical (unpaired) electrons. The van der Waals surface area contributed by atoms with Crippen molar-refractivity contribution in [2.45, 2.75) is 52.0 Å². The van der Waals surface area contributed by atoms with Gasteiger partial charge in [0.05, 0.1) is 6.42 Å². The first-order valence-corrected chi connectivity index (χ1v) is 6.21. The average molecular weight is 245 g/mol. The first-order valence-electron chi connectivity index (χ1n) is 6.21. The van der Waals surface area contributed by atoms with Gasteiger partial charge >= 0.3 is 11.9 Å². The van der Waals surface area contributed by atoms with E-state index in [0.29, 0.717) is 19.5 Å². The number of carboxylic acids is 2. The molecular weight excluding hydrogens is 222 g/mol. The standard InChI is InChI=1S/C12H23NO4/c1-3-5-6-10(12(16)17)13(8-4-2)9-7-11(14)15/h10H,3-9H2,1-2H3,(H,14,15)(H,16,17). The van der Waals surface area contributed by atoms with Gasteiger partial charge in [0.1, 0.15) is 6.04 Å². The zero-order chi connectivity index (χ0) is 13.3. The Morgan fingerprint density at radius 3 is 2.18 bits per heavy atom. The maximum Gasteiger partial charge on any atom is 0.320 e. The smallest absolute Gasteiger partial charge is 0.320 e. The van der Waals surface area contributed by atoms with Crippen LogP contribution in [0, 0.1) is 0 Å². The molecule has 1 unspecified atom stereocenters. The summed E-state index contributed by atoms with van der Waals surface area (Å²) in [7, 11) is 0. The third-order valence-corrected chi connectivity index (χ3v) is 2.68. The van der Waals surface area contributed by atoms with Gasteiger partial charge in [0, 0.05) is 6.54 Å². The van der Waals surface area contributed by atoms with E-state index in [-0.39, 0.29) is 6.42 Å². The highest BCUT2D eigenvalue weighted by Crippen LogP contribution is 2.11. The molecule has 0 aromatic rings. The van der Waals surface area contributed by atoms with E-state index in [1.165, 1.54) is 0 Å². The van der Waals surface area contributed by atoms with E-state index in [2.05, 4.69) is 0 Å². The maximum absolute atomic E-state index is 11.2. The average Bonchev–Trinajstić information content (AvgIpc) is 2.25. The first-order chi connectivity index (χ1) is 8.02. The molecule has 0 spiro atoms. The summed E-state index contributed by atoms with van der Waals surface area (Å²) in [5.41, 5.74) is 0. The van der Waals surface area contributed by atoms with Crippen molar-refractivity contribution in [3.63, 3.8) is 0 Å². The third kappa shape index (κ3) is 6.94. The fraction of sp³-hybridized carbons (Fsp3) is 0.833. The summed E-state index contributed by atoms with van der Waals surface area (Å²) in [5, 5.41) is 17.8. The predicted molar refractivity (Wildman–Crippen MR) is 65.1 cm³/mol.